The van der Waals surface area contributed by atoms with E-state index in [0.717, 1.165) is 0 Å². The molecule has 5 nitrogen and oxygen atoms in total. The highest BCUT2D eigenvalue weighted by Crippen LogP contribution is 2.40. The molecule has 1 aromatic rings. The van der Waals surface area contributed by atoms with Gasteiger partial charge in [-0.25, -0.2) is 9.97 Å². The van der Waals surface area contributed by atoms with Gasteiger partial charge in [0, 0.05) is 29.4 Å². The van der Waals surface area contributed by atoms with Crippen LogP contribution in [-0.2, 0) is 0 Å². The second-order valence-corrected chi connectivity index (χ2v) is 6.48. The summed E-state index contributed by atoms with van der Waals surface area (Å²) >= 11 is 0. The minimum atomic E-state index is -0.434. The monoisotopic (exact) mass is 263 g/mol. The Balaban J connectivity index is 2.25. The number of Topliss-reactive ketones (excluding diaryl/α,β-unsaturated/α-hetero) is 1. The van der Waals surface area contributed by atoms with Crippen molar-refractivity contribution < 1.29 is 10.0 Å². The van der Waals surface area contributed by atoms with E-state index >= 15 is 0 Å². The van der Waals surface area contributed by atoms with Crippen molar-refractivity contribution in [2.75, 3.05) is 0 Å². The Bertz CT molecular complexity index is 453. The maximum absolute atomic E-state index is 12.5. The minimum absolute atomic E-state index is 0.0325. The molecule has 104 valence electrons. The fourth-order valence-electron chi connectivity index (χ4n) is 3.06. The maximum atomic E-state index is 12.5. The number of nitrogens with zero attached hydrogens (tertiary/aromatic N) is 3. The standard InChI is InChI=1S/C14H21N3O2/c1-13(2)8-10(9-14(3,4)17(13)19)11(18)12-15-6-5-7-16-12/h5-7,10,19H,8-9H2,1-4H3. The Morgan fingerprint density at radius 1 is 1.21 bits per heavy atom. The number of carbonyl (C=O) groups excluding carboxylic acids is 1. The number of hydroxylamine groups is 2. The third kappa shape index (κ3) is 2.67. The first-order valence-electron chi connectivity index (χ1n) is 6.54. The molecule has 0 radical (unpaired) electrons. The summed E-state index contributed by atoms with van der Waals surface area (Å²) in [7, 11) is 0. The molecule has 2 rings (SSSR count). The lowest BCUT2D eigenvalue weighted by molar-refractivity contribution is -0.247. The van der Waals surface area contributed by atoms with Crippen LogP contribution in [0.1, 0.15) is 51.2 Å². The molecule has 2 heterocycles. The number of rotatable bonds is 2. The van der Waals surface area contributed by atoms with Gasteiger partial charge >= 0.3 is 0 Å². The van der Waals surface area contributed by atoms with Crippen molar-refractivity contribution >= 4 is 5.78 Å². The summed E-state index contributed by atoms with van der Waals surface area (Å²) in [5.41, 5.74) is -0.867. The highest BCUT2D eigenvalue weighted by Gasteiger charge is 2.47. The number of hydrogen-bond acceptors (Lipinski definition) is 5. The molecule has 1 fully saturated rings. The summed E-state index contributed by atoms with van der Waals surface area (Å²) in [6, 6.07) is 1.70. The van der Waals surface area contributed by atoms with Gasteiger partial charge in [0.15, 0.2) is 5.82 Å². The summed E-state index contributed by atoms with van der Waals surface area (Å²) in [6.07, 6.45) is 4.36. The van der Waals surface area contributed by atoms with Crippen molar-refractivity contribution in [3.05, 3.63) is 24.3 Å². The van der Waals surface area contributed by atoms with E-state index in [2.05, 4.69) is 9.97 Å². The predicted octanol–water partition coefficient (Wildman–Crippen LogP) is 2.32. The normalized spacial score (nSPS) is 23.2. The zero-order valence-corrected chi connectivity index (χ0v) is 11.9. The van der Waals surface area contributed by atoms with Gasteiger partial charge in [-0.1, -0.05) is 0 Å². The third-order valence-electron chi connectivity index (χ3n) is 3.80. The molecule has 1 aromatic heterocycles. The molecule has 1 saturated heterocycles. The fraction of sp³-hybridized carbons (Fsp3) is 0.643. The van der Waals surface area contributed by atoms with Gasteiger partial charge in [-0.3, -0.25) is 4.79 Å². The van der Waals surface area contributed by atoms with Gasteiger partial charge in [0.1, 0.15) is 0 Å². The van der Waals surface area contributed by atoms with E-state index in [-0.39, 0.29) is 17.5 Å². The number of carbonyl (C=O) groups is 1. The second-order valence-electron chi connectivity index (χ2n) is 6.48. The van der Waals surface area contributed by atoms with E-state index in [0.29, 0.717) is 12.8 Å². The molecule has 0 spiro atoms. The Morgan fingerprint density at radius 2 is 1.68 bits per heavy atom. The molecule has 0 saturated carbocycles. The van der Waals surface area contributed by atoms with Crippen LogP contribution in [0, 0.1) is 5.92 Å². The van der Waals surface area contributed by atoms with E-state index in [1.807, 2.05) is 27.7 Å². The number of hydrogen-bond donors (Lipinski definition) is 1. The van der Waals surface area contributed by atoms with Crippen molar-refractivity contribution in [1.29, 1.82) is 0 Å². The molecule has 5 heteroatoms. The average Bonchev–Trinajstić information content (AvgIpc) is 2.35. The number of ketones is 1. The number of aromatic nitrogens is 2. The molecule has 1 N–H and O–H groups in total. The number of piperidine rings is 1. The van der Waals surface area contributed by atoms with Gasteiger partial charge in [0.05, 0.1) is 0 Å². The van der Waals surface area contributed by atoms with E-state index in [1.165, 1.54) is 5.06 Å². The first kappa shape index (κ1) is 14.1. The summed E-state index contributed by atoms with van der Waals surface area (Å²) in [6.45, 7) is 7.78. The van der Waals surface area contributed by atoms with Crippen molar-refractivity contribution in [2.45, 2.75) is 51.6 Å². The molecule has 0 bridgehead atoms. The smallest absolute Gasteiger partial charge is 0.203 e. The van der Waals surface area contributed by atoms with Gasteiger partial charge in [-0.15, -0.1) is 0 Å². The van der Waals surface area contributed by atoms with Crippen LogP contribution in [0.4, 0.5) is 0 Å². The lowest BCUT2D eigenvalue weighted by atomic mass is 9.73. The van der Waals surface area contributed by atoms with Crippen LogP contribution in [0.2, 0.25) is 0 Å². The second kappa shape index (κ2) is 4.65. The molecular weight excluding hydrogens is 242 g/mol. The molecular formula is C14H21N3O2. The Hall–Kier alpha value is -1.33. The molecule has 0 aromatic carbocycles. The van der Waals surface area contributed by atoms with Gasteiger partial charge in [0.25, 0.3) is 0 Å². The average molecular weight is 263 g/mol. The van der Waals surface area contributed by atoms with E-state index in [1.54, 1.807) is 18.5 Å². The van der Waals surface area contributed by atoms with Crippen LogP contribution in [0.15, 0.2) is 18.5 Å². The Labute approximate surface area is 113 Å². The van der Waals surface area contributed by atoms with E-state index < -0.39 is 11.1 Å². The fourth-order valence-corrected chi connectivity index (χ4v) is 3.06. The summed E-state index contributed by atoms with van der Waals surface area (Å²) in [5.74, 6) is 0.0798. The van der Waals surface area contributed by atoms with Crippen molar-refractivity contribution in [2.24, 2.45) is 5.92 Å². The molecule has 0 amide bonds. The van der Waals surface area contributed by atoms with Crippen LogP contribution < -0.4 is 0 Å². The van der Waals surface area contributed by atoms with Gasteiger partial charge in [-0.2, -0.15) is 5.06 Å². The van der Waals surface area contributed by atoms with Crippen LogP contribution in [-0.4, -0.2) is 37.1 Å². The Kier molecular flexibility index (Phi) is 3.45. The van der Waals surface area contributed by atoms with Crippen molar-refractivity contribution in [1.82, 2.24) is 15.0 Å². The predicted molar refractivity (Wildman–Crippen MR) is 70.9 cm³/mol. The third-order valence-corrected chi connectivity index (χ3v) is 3.80. The molecule has 19 heavy (non-hydrogen) atoms. The minimum Gasteiger partial charge on any atom is -0.313 e. The summed E-state index contributed by atoms with van der Waals surface area (Å²) < 4.78 is 0. The van der Waals surface area contributed by atoms with Gasteiger partial charge in [0.2, 0.25) is 5.78 Å². The highest BCUT2D eigenvalue weighted by molar-refractivity contribution is 5.94. The quantitative estimate of drug-likeness (QED) is 0.829. The highest BCUT2D eigenvalue weighted by atomic mass is 16.5. The summed E-state index contributed by atoms with van der Waals surface area (Å²) in [5, 5.41) is 11.6. The largest absolute Gasteiger partial charge is 0.313 e. The van der Waals surface area contributed by atoms with Crippen LogP contribution >= 0.6 is 0 Å². The van der Waals surface area contributed by atoms with E-state index in [9.17, 15) is 10.0 Å². The zero-order valence-electron chi connectivity index (χ0n) is 11.9. The molecule has 0 aliphatic carbocycles. The van der Waals surface area contributed by atoms with E-state index in [4.69, 9.17) is 0 Å². The zero-order chi connectivity index (χ0) is 14.3. The van der Waals surface area contributed by atoms with Crippen LogP contribution in [0.3, 0.4) is 0 Å². The molecule has 1 aliphatic heterocycles. The molecule has 1 aliphatic rings. The first-order chi connectivity index (χ1) is 8.74. The molecule has 0 unspecified atom stereocenters. The van der Waals surface area contributed by atoms with Crippen molar-refractivity contribution in [3.63, 3.8) is 0 Å². The molecule has 0 atom stereocenters. The van der Waals surface area contributed by atoms with Gasteiger partial charge in [-0.05, 0) is 46.6 Å². The SMILES string of the molecule is CC1(C)CC(C(=O)c2ncccn2)CC(C)(C)N1O. The Morgan fingerprint density at radius 3 is 2.16 bits per heavy atom. The summed E-state index contributed by atoms with van der Waals surface area (Å²) in [4.78, 5) is 20.5. The maximum Gasteiger partial charge on any atom is 0.203 e. The lowest BCUT2D eigenvalue weighted by Gasteiger charge is -2.51. The van der Waals surface area contributed by atoms with Gasteiger partial charge < -0.3 is 5.21 Å². The topological polar surface area (TPSA) is 66.3 Å². The first-order valence-corrected chi connectivity index (χ1v) is 6.54. The lowest BCUT2D eigenvalue weighted by Crippen LogP contribution is -2.59. The van der Waals surface area contributed by atoms with Crippen LogP contribution in [0.5, 0.6) is 0 Å². The van der Waals surface area contributed by atoms with Crippen molar-refractivity contribution in [3.8, 4) is 0 Å². The van der Waals surface area contributed by atoms with Crippen LogP contribution in [0.25, 0.3) is 0 Å².